The molecule has 0 saturated carbocycles. The third kappa shape index (κ3) is 16.0. The van der Waals surface area contributed by atoms with Gasteiger partial charge in [0.15, 0.2) is 0 Å². The van der Waals surface area contributed by atoms with E-state index in [0.29, 0.717) is 26.4 Å². The first-order chi connectivity index (χ1) is 6.77. The third-order valence-corrected chi connectivity index (χ3v) is 1.10. The number of guanidine groups is 1. The van der Waals surface area contributed by atoms with Crippen molar-refractivity contribution >= 4 is 18.4 Å². The minimum absolute atomic E-state index is 0. The highest BCUT2D eigenvalue weighted by molar-refractivity contribution is 5.85. The number of nitrogens with zero attached hydrogens (tertiary/aromatic N) is 1. The van der Waals surface area contributed by atoms with Crippen LogP contribution in [0.15, 0.2) is 5.16 Å². The van der Waals surface area contributed by atoms with Gasteiger partial charge in [-0.2, -0.15) is 0 Å². The lowest BCUT2D eigenvalue weighted by Crippen LogP contribution is -2.23. The van der Waals surface area contributed by atoms with Gasteiger partial charge in [0, 0.05) is 0 Å². The summed E-state index contributed by atoms with van der Waals surface area (Å²) in [7, 11) is 0. The summed E-state index contributed by atoms with van der Waals surface area (Å²) in [6.45, 7) is 1.92. The van der Waals surface area contributed by atoms with Crippen molar-refractivity contribution in [1.29, 1.82) is 0 Å². The molecule has 0 aromatic carbocycles. The number of halogens is 1. The van der Waals surface area contributed by atoms with Crippen LogP contribution in [-0.4, -0.2) is 50.7 Å². The molecule has 0 aromatic rings. The van der Waals surface area contributed by atoms with Crippen LogP contribution in [-0.2, 0) is 14.3 Å². The molecule has 0 saturated heterocycles. The van der Waals surface area contributed by atoms with E-state index in [1.807, 2.05) is 0 Å². The van der Waals surface area contributed by atoms with Crippen molar-refractivity contribution in [1.82, 2.24) is 0 Å². The Morgan fingerprint density at radius 1 is 1.00 bits per heavy atom. The first-order valence-corrected chi connectivity index (χ1v) is 4.24. The average molecular weight is 244 g/mol. The molecule has 0 bridgehead atoms. The van der Waals surface area contributed by atoms with Crippen LogP contribution in [0.25, 0.3) is 0 Å². The van der Waals surface area contributed by atoms with E-state index in [9.17, 15) is 0 Å². The van der Waals surface area contributed by atoms with Gasteiger partial charge in [-0.05, 0) is 5.16 Å². The molecular formula is C7H18ClN3O4. The molecule has 0 unspecified atom stereocenters. The normalized spacial score (nSPS) is 9.13. The molecule has 0 amide bonds. The number of oxime groups is 1. The van der Waals surface area contributed by atoms with Crippen molar-refractivity contribution in [2.24, 2.45) is 16.6 Å². The largest absolute Gasteiger partial charge is 0.394 e. The first-order valence-electron chi connectivity index (χ1n) is 4.24. The van der Waals surface area contributed by atoms with Gasteiger partial charge < -0.3 is 30.9 Å². The summed E-state index contributed by atoms with van der Waals surface area (Å²) in [4.78, 5) is 4.65. The lowest BCUT2D eigenvalue weighted by molar-refractivity contribution is 0.00859. The molecule has 0 aromatic heterocycles. The Kier molecular flexibility index (Phi) is 14.7. The van der Waals surface area contributed by atoms with Crippen LogP contribution in [0, 0.1) is 0 Å². The van der Waals surface area contributed by atoms with Crippen molar-refractivity contribution < 1.29 is 19.4 Å². The van der Waals surface area contributed by atoms with Gasteiger partial charge in [0.05, 0.1) is 33.0 Å². The van der Waals surface area contributed by atoms with Gasteiger partial charge in [-0.1, -0.05) is 0 Å². The summed E-state index contributed by atoms with van der Waals surface area (Å²) in [5.41, 5.74) is 10.0. The fourth-order valence-electron chi connectivity index (χ4n) is 0.603. The Morgan fingerprint density at radius 3 is 2.07 bits per heavy atom. The standard InChI is InChI=1S/C7H17N3O4.ClH/c8-7(9)10-14-6-5-13-4-3-12-2-1-11;/h11H,1-6H2,(H4,8,9,10);1H. The van der Waals surface area contributed by atoms with E-state index in [1.165, 1.54) is 0 Å². The molecule has 0 spiro atoms. The lowest BCUT2D eigenvalue weighted by Gasteiger charge is -2.03. The highest BCUT2D eigenvalue weighted by Gasteiger charge is 1.90. The number of ether oxygens (including phenoxy) is 2. The van der Waals surface area contributed by atoms with Crippen LogP contribution in [0.1, 0.15) is 0 Å². The minimum Gasteiger partial charge on any atom is -0.394 e. The molecule has 0 heterocycles. The molecule has 0 fully saturated rings. The van der Waals surface area contributed by atoms with Crippen molar-refractivity contribution in [3.05, 3.63) is 0 Å². The minimum atomic E-state index is -0.115. The number of aliphatic hydroxyl groups is 1. The molecule has 0 aliphatic heterocycles. The Morgan fingerprint density at radius 2 is 1.53 bits per heavy atom. The lowest BCUT2D eigenvalue weighted by atomic mass is 10.7. The number of aliphatic hydroxyl groups excluding tert-OH is 1. The summed E-state index contributed by atoms with van der Waals surface area (Å²) >= 11 is 0. The Bertz CT molecular complexity index is 155. The van der Waals surface area contributed by atoms with Crippen molar-refractivity contribution in [2.75, 3.05) is 39.6 Å². The Balaban J connectivity index is 0. The zero-order valence-corrected chi connectivity index (χ0v) is 9.24. The number of hydrogen-bond donors (Lipinski definition) is 3. The molecular weight excluding hydrogens is 226 g/mol. The quantitative estimate of drug-likeness (QED) is 0.200. The summed E-state index contributed by atoms with van der Waals surface area (Å²) in [6.07, 6.45) is 0. The molecule has 8 heteroatoms. The van der Waals surface area contributed by atoms with Crippen molar-refractivity contribution in [3.63, 3.8) is 0 Å². The molecule has 92 valence electrons. The zero-order valence-electron chi connectivity index (χ0n) is 8.42. The highest BCUT2D eigenvalue weighted by Crippen LogP contribution is 1.80. The molecule has 0 aliphatic rings. The second-order valence-corrected chi connectivity index (χ2v) is 2.30. The van der Waals surface area contributed by atoms with Crippen LogP contribution < -0.4 is 11.5 Å². The van der Waals surface area contributed by atoms with Gasteiger partial charge in [-0.25, -0.2) is 0 Å². The highest BCUT2D eigenvalue weighted by atomic mass is 35.5. The SMILES string of the molecule is Cl.NC(N)=NOCCOCCOCCO. The van der Waals surface area contributed by atoms with E-state index in [1.54, 1.807) is 0 Å². The summed E-state index contributed by atoms with van der Waals surface area (Å²) in [5.74, 6) is -0.115. The van der Waals surface area contributed by atoms with E-state index >= 15 is 0 Å². The number of hydrogen-bond acceptors (Lipinski definition) is 5. The van der Waals surface area contributed by atoms with Gasteiger partial charge in [-0.3, -0.25) is 0 Å². The van der Waals surface area contributed by atoms with Crippen LogP contribution in [0.5, 0.6) is 0 Å². The molecule has 0 radical (unpaired) electrons. The van der Waals surface area contributed by atoms with E-state index in [2.05, 4.69) is 9.99 Å². The second-order valence-electron chi connectivity index (χ2n) is 2.30. The molecule has 7 nitrogen and oxygen atoms in total. The second kappa shape index (κ2) is 13.2. The van der Waals surface area contributed by atoms with E-state index in [4.69, 9.17) is 26.0 Å². The summed E-state index contributed by atoms with van der Waals surface area (Å²) in [5, 5.41) is 11.7. The van der Waals surface area contributed by atoms with Gasteiger partial charge >= 0.3 is 0 Å². The van der Waals surface area contributed by atoms with Crippen LogP contribution in [0.3, 0.4) is 0 Å². The van der Waals surface area contributed by atoms with Gasteiger partial charge in [0.2, 0.25) is 5.96 Å². The van der Waals surface area contributed by atoms with Crippen LogP contribution in [0.2, 0.25) is 0 Å². The molecule has 0 aliphatic carbocycles. The molecule has 5 N–H and O–H groups in total. The van der Waals surface area contributed by atoms with Crippen molar-refractivity contribution in [3.8, 4) is 0 Å². The average Bonchev–Trinajstić information content (AvgIpc) is 2.15. The van der Waals surface area contributed by atoms with E-state index in [-0.39, 0.29) is 31.6 Å². The predicted octanol–water partition coefficient (Wildman–Crippen LogP) is -1.36. The van der Waals surface area contributed by atoms with Crippen LogP contribution >= 0.6 is 12.4 Å². The van der Waals surface area contributed by atoms with Gasteiger partial charge in [0.25, 0.3) is 0 Å². The maximum absolute atomic E-state index is 8.37. The number of nitrogens with two attached hydrogens (primary N) is 2. The van der Waals surface area contributed by atoms with Crippen molar-refractivity contribution in [2.45, 2.75) is 0 Å². The fourth-order valence-corrected chi connectivity index (χ4v) is 0.603. The van der Waals surface area contributed by atoms with E-state index < -0.39 is 0 Å². The smallest absolute Gasteiger partial charge is 0.228 e. The molecule has 0 rings (SSSR count). The summed E-state index contributed by atoms with van der Waals surface area (Å²) < 4.78 is 10.0. The maximum atomic E-state index is 8.37. The third-order valence-electron chi connectivity index (χ3n) is 1.10. The van der Waals surface area contributed by atoms with E-state index in [0.717, 1.165) is 0 Å². The predicted molar refractivity (Wildman–Crippen MR) is 57.7 cm³/mol. The zero-order chi connectivity index (χ0) is 10.6. The summed E-state index contributed by atoms with van der Waals surface area (Å²) in [6, 6.07) is 0. The fraction of sp³-hybridized carbons (Fsp3) is 0.857. The molecule has 0 atom stereocenters. The van der Waals surface area contributed by atoms with Gasteiger partial charge in [-0.15, -0.1) is 12.4 Å². The topological polar surface area (TPSA) is 112 Å². The Hall–Kier alpha value is -0.760. The van der Waals surface area contributed by atoms with Crippen LogP contribution in [0.4, 0.5) is 0 Å². The number of rotatable bonds is 9. The first kappa shape index (κ1) is 16.7. The van der Waals surface area contributed by atoms with Gasteiger partial charge in [0.1, 0.15) is 6.61 Å². The molecule has 15 heavy (non-hydrogen) atoms. The Labute approximate surface area is 94.7 Å². The maximum Gasteiger partial charge on any atom is 0.228 e. The monoisotopic (exact) mass is 243 g/mol.